The summed E-state index contributed by atoms with van der Waals surface area (Å²) < 4.78 is 11.1. The van der Waals surface area contributed by atoms with Crippen molar-refractivity contribution < 1.29 is 13.9 Å². The SMILES string of the molecule is COc1ccccc1C(=O)N1CCN(c2nnc(-c3ccccc3)o2)CC1. The Balaban J connectivity index is 1.42. The molecular formula is C20H20N4O3. The minimum atomic E-state index is -0.0254. The lowest BCUT2D eigenvalue weighted by molar-refractivity contribution is 0.0741. The highest BCUT2D eigenvalue weighted by molar-refractivity contribution is 5.97. The Morgan fingerprint density at radius 3 is 2.41 bits per heavy atom. The number of benzene rings is 2. The number of rotatable bonds is 4. The maximum absolute atomic E-state index is 12.8. The van der Waals surface area contributed by atoms with Gasteiger partial charge in [-0.1, -0.05) is 35.4 Å². The van der Waals surface area contributed by atoms with Gasteiger partial charge >= 0.3 is 6.01 Å². The molecule has 7 heteroatoms. The second kappa shape index (κ2) is 7.49. The summed E-state index contributed by atoms with van der Waals surface area (Å²) in [6.45, 7) is 2.44. The fourth-order valence-corrected chi connectivity index (χ4v) is 3.13. The van der Waals surface area contributed by atoms with Gasteiger partial charge in [0.25, 0.3) is 5.91 Å². The summed E-state index contributed by atoms with van der Waals surface area (Å²) in [5, 5.41) is 8.29. The number of para-hydroxylation sites is 1. The summed E-state index contributed by atoms with van der Waals surface area (Å²) >= 11 is 0. The molecule has 0 N–H and O–H groups in total. The topological polar surface area (TPSA) is 71.7 Å². The van der Waals surface area contributed by atoms with Gasteiger partial charge in [-0.15, -0.1) is 5.10 Å². The van der Waals surface area contributed by atoms with Crippen LogP contribution in [0.4, 0.5) is 6.01 Å². The number of piperazine rings is 1. The molecule has 0 atom stereocenters. The highest BCUT2D eigenvalue weighted by Gasteiger charge is 2.26. The number of carbonyl (C=O) groups excluding carboxylic acids is 1. The molecule has 0 unspecified atom stereocenters. The van der Waals surface area contributed by atoms with E-state index in [2.05, 4.69) is 10.2 Å². The Labute approximate surface area is 157 Å². The molecule has 1 saturated heterocycles. The van der Waals surface area contributed by atoms with Crippen LogP contribution in [-0.4, -0.2) is 54.3 Å². The van der Waals surface area contributed by atoms with E-state index in [0.717, 1.165) is 5.56 Å². The van der Waals surface area contributed by atoms with Crippen molar-refractivity contribution in [3.8, 4) is 17.2 Å². The number of anilines is 1. The summed E-state index contributed by atoms with van der Waals surface area (Å²) in [6, 6.07) is 17.4. The Hall–Kier alpha value is -3.35. The van der Waals surface area contributed by atoms with Gasteiger partial charge in [0, 0.05) is 31.7 Å². The number of hydrogen-bond acceptors (Lipinski definition) is 6. The van der Waals surface area contributed by atoms with Crippen molar-refractivity contribution >= 4 is 11.9 Å². The van der Waals surface area contributed by atoms with Crippen molar-refractivity contribution in [2.24, 2.45) is 0 Å². The van der Waals surface area contributed by atoms with Crippen LogP contribution in [0.3, 0.4) is 0 Å². The van der Waals surface area contributed by atoms with E-state index < -0.39 is 0 Å². The van der Waals surface area contributed by atoms with Gasteiger partial charge in [-0.05, 0) is 24.3 Å². The molecule has 0 saturated carbocycles. The van der Waals surface area contributed by atoms with E-state index in [1.165, 1.54) is 0 Å². The van der Waals surface area contributed by atoms with Crippen molar-refractivity contribution in [1.29, 1.82) is 0 Å². The fraction of sp³-hybridized carbons (Fsp3) is 0.250. The van der Waals surface area contributed by atoms with E-state index in [4.69, 9.17) is 9.15 Å². The molecule has 4 rings (SSSR count). The summed E-state index contributed by atoms with van der Waals surface area (Å²) in [7, 11) is 1.57. The van der Waals surface area contributed by atoms with Gasteiger partial charge in [0.05, 0.1) is 12.7 Å². The number of nitrogens with zero attached hydrogens (tertiary/aromatic N) is 4. The first-order valence-corrected chi connectivity index (χ1v) is 8.82. The molecule has 1 aliphatic heterocycles. The van der Waals surface area contributed by atoms with E-state index in [9.17, 15) is 4.79 Å². The molecule has 3 aromatic rings. The average molecular weight is 364 g/mol. The second-order valence-electron chi connectivity index (χ2n) is 6.24. The molecule has 1 amide bonds. The highest BCUT2D eigenvalue weighted by Crippen LogP contribution is 2.24. The van der Waals surface area contributed by atoms with Crippen molar-refractivity contribution in [2.45, 2.75) is 0 Å². The van der Waals surface area contributed by atoms with E-state index >= 15 is 0 Å². The molecule has 0 bridgehead atoms. The highest BCUT2D eigenvalue weighted by atomic mass is 16.5. The van der Waals surface area contributed by atoms with Gasteiger partial charge in [-0.2, -0.15) is 0 Å². The molecule has 2 heterocycles. The van der Waals surface area contributed by atoms with Crippen molar-refractivity contribution in [3.05, 3.63) is 60.2 Å². The zero-order chi connectivity index (χ0) is 18.6. The third kappa shape index (κ3) is 3.48. The van der Waals surface area contributed by atoms with Crippen LogP contribution in [0.1, 0.15) is 10.4 Å². The van der Waals surface area contributed by atoms with Gasteiger partial charge in [0.2, 0.25) is 5.89 Å². The average Bonchev–Trinajstić information content (AvgIpc) is 3.24. The van der Waals surface area contributed by atoms with Crippen LogP contribution in [0, 0.1) is 0 Å². The quantitative estimate of drug-likeness (QED) is 0.709. The lowest BCUT2D eigenvalue weighted by Crippen LogP contribution is -2.49. The van der Waals surface area contributed by atoms with Crippen LogP contribution >= 0.6 is 0 Å². The summed E-state index contributed by atoms with van der Waals surface area (Å²) in [4.78, 5) is 16.6. The van der Waals surface area contributed by atoms with Crippen LogP contribution in [0.25, 0.3) is 11.5 Å². The molecule has 1 aromatic heterocycles. The molecule has 138 valence electrons. The summed E-state index contributed by atoms with van der Waals surface area (Å²) in [5.41, 5.74) is 1.47. The predicted octanol–water partition coefficient (Wildman–Crippen LogP) is 2.71. The number of hydrogen-bond donors (Lipinski definition) is 0. The van der Waals surface area contributed by atoms with Crippen molar-refractivity contribution in [2.75, 3.05) is 38.2 Å². The molecule has 1 aliphatic rings. The Bertz CT molecular complexity index is 918. The molecule has 2 aromatic carbocycles. The van der Waals surface area contributed by atoms with E-state index in [-0.39, 0.29) is 5.91 Å². The molecule has 1 fully saturated rings. The molecule has 0 spiro atoms. The van der Waals surface area contributed by atoms with Crippen molar-refractivity contribution in [1.82, 2.24) is 15.1 Å². The molecular weight excluding hydrogens is 344 g/mol. The first-order valence-electron chi connectivity index (χ1n) is 8.82. The van der Waals surface area contributed by atoms with Gasteiger partial charge in [-0.3, -0.25) is 4.79 Å². The normalized spacial score (nSPS) is 14.3. The smallest absolute Gasteiger partial charge is 0.318 e. The van der Waals surface area contributed by atoms with Gasteiger partial charge in [0.1, 0.15) is 5.75 Å². The van der Waals surface area contributed by atoms with Gasteiger partial charge in [0.15, 0.2) is 0 Å². The monoisotopic (exact) mass is 364 g/mol. The second-order valence-corrected chi connectivity index (χ2v) is 6.24. The summed E-state index contributed by atoms with van der Waals surface area (Å²) in [6.07, 6.45) is 0. The van der Waals surface area contributed by atoms with E-state index in [1.54, 1.807) is 19.2 Å². The maximum atomic E-state index is 12.8. The van der Waals surface area contributed by atoms with Crippen LogP contribution in [0.5, 0.6) is 5.75 Å². The maximum Gasteiger partial charge on any atom is 0.318 e. The number of ether oxygens (including phenoxy) is 1. The minimum absolute atomic E-state index is 0.0254. The number of carbonyl (C=O) groups is 1. The van der Waals surface area contributed by atoms with Crippen LogP contribution in [-0.2, 0) is 0 Å². The van der Waals surface area contributed by atoms with Crippen molar-refractivity contribution in [3.63, 3.8) is 0 Å². The Morgan fingerprint density at radius 2 is 1.67 bits per heavy atom. The number of amides is 1. The predicted molar refractivity (Wildman–Crippen MR) is 101 cm³/mol. The number of methoxy groups -OCH3 is 1. The van der Waals surface area contributed by atoms with E-state index in [1.807, 2.05) is 52.3 Å². The third-order valence-corrected chi connectivity index (χ3v) is 4.61. The molecule has 0 aliphatic carbocycles. The standard InChI is InChI=1S/C20H20N4O3/c1-26-17-10-6-5-9-16(17)19(25)23-11-13-24(14-12-23)20-22-21-18(27-20)15-7-3-2-4-8-15/h2-10H,11-14H2,1H3. The molecule has 7 nitrogen and oxygen atoms in total. The minimum Gasteiger partial charge on any atom is -0.496 e. The lowest BCUT2D eigenvalue weighted by Gasteiger charge is -2.33. The van der Waals surface area contributed by atoms with Crippen LogP contribution < -0.4 is 9.64 Å². The zero-order valence-electron chi connectivity index (χ0n) is 15.0. The summed E-state index contributed by atoms with van der Waals surface area (Å²) in [5.74, 6) is 1.06. The van der Waals surface area contributed by atoms with Gasteiger partial charge < -0.3 is 19.0 Å². The van der Waals surface area contributed by atoms with Crippen LogP contribution in [0.15, 0.2) is 59.0 Å². The molecule has 0 radical (unpaired) electrons. The Kier molecular flexibility index (Phi) is 4.74. The van der Waals surface area contributed by atoms with E-state index in [0.29, 0.717) is 49.4 Å². The third-order valence-electron chi connectivity index (χ3n) is 4.61. The van der Waals surface area contributed by atoms with Crippen LogP contribution in [0.2, 0.25) is 0 Å². The largest absolute Gasteiger partial charge is 0.496 e. The first-order chi connectivity index (χ1) is 13.3. The number of aromatic nitrogens is 2. The fourth-order valence-electron chi connectivity index (χ4n) is 3.13. The first kappa shape index (κ1) is 17.1. The zero-order valence-corrected chi connectivity index (χ0v) is 15.0. The van der Waals surface area contributed by atoms with Gasteiger partial charge in [-0.25, -0.2) is 0 Å². The molecule has 27 heavy (non-hydrogen) atoms. The lowest BCUT2D eigenvalue weighted by atomic mass is 10.1. The Morgan fingerprint density at radius 1 is 0.963 bits per heavy atom.